The topological polar surface area (TPSA) is 17.1 Å². The summed E-state index contributed by atoms with van der Waals surface area (Å²) < 4.78 is 0. The summed E-state index contributed by atoms with van der Waals surface area (Å²) in [6.07, 6.45) is 4.44. The van der Waals surface area contributed by atoms with Crippen LogP contribution in [0.1, 0.15) is 61.5 Å². The first-order chi connectivity index (χ1) is 11.9. The van der Waals surface area contributed by atoms with Crippen LogP contribution in [0.2, 0.25) is 0 Å². The van der Waals surface area contributed by atoms with E-state index in [4.69, 9.17) is 0 Å². The third kappa shape index (κ3) is 2.47. The summed E-state index contributed by atoms with van der Waals surface area (Å²) in [5.74, 6) is 1.02. The first kappa shape index (κ1) is 16.6. The van der Waals surface area contributed by atoms with E-state index in [9.17, 15) is 4.79 Å². The number of benzene rings is 2. The van der Waals surface area contributed by atoms with Crippen molar-refractivity contribution >= 4 is 5.78 Å². The molecule has 4 rings (SSSR count). The summed E-state index contributed by atoms with van der Waals surface area (Å²) in [6.45, 7) is 7.13. The van der Waals surface area contributed by atoms with Gasteiger partial charge in [-0.05, 0) is 53.6 Å². The molecule has 130 valence electrons. The summed E-state index contributed by atoms with van der Waals surface area (Å²) in [6, 6.07) is 18.9. The van der Waals surface area contributed by atoms with Crippen molar-refractivity contribution in [3.63, 3.8) is 0 Å². The number of carbonyl (C=O) groups is 1. The van der Waals surface area contributed by atoms with Crippen molar-refractivity contribution < 1.29 is 4.79 Å². The van der Waals surface area contributed by atoms with Gasteiger partial charge in [0.05, 0.1) is 0 Å². The fourth-order valence-electron chi connectivity index (χ4n) is 5.94. The molecule has 0 aromatic heterocycles. The highest BCUT2D eigenvalue weighted by Gasteiger charge is 2.55. The van der Waals surface area contributed by atoms with E-state index in [0.29, 0.717) is 11.7 Å². The lowest BCUT2D eigenvalue weighted by Crippen LogP contribution is -2.53. The van der Waals surface area contributed by atoms with E-state index < -0.39 is 0 Å². The normalized spacial score (nSPS) is 30.2. The van der Waals surface area contributed by atoms with Crippen LogP contribution < -0.4 is 0 Å². The molecule has 0 bridgehead atoms. The second-order valence-corrected chi connectivity index (χ2v) is 8.81. The third-order valence-electron chi connectivity index (χ3n) is 7.23. The molecule has 2 aliphatic rings. The van der Waals surface area contributed by atoms with Gasteiger partial charge in [0, 0.05) is 11.5 Å². The number of fused-ring (bicyclic) bond motifs is 3. The Labute approximate surface area is 151 Å². The highest BCUT2D eigenvalue weighted by molar-refractivity contribution is 5.98. The monoisotopic (exact) mass is 332 g/mol. The van der Waals surface area contributed by atoms with Crippen LogP contribution in [0.4, 0.5) is 0 Å². The molecule has 25 heavy (non-hydrogen) atoms. The minimum atomic E-state index is 0.0213. The first-order valence-corrected chi connectivity index (χ1v) is 9.62. The maximum Gasteiger partial charge on any atom is 0.166 e. The smallest absolute Gasteiger partial charge is 0.166 e. The number of carbonyl (C=O) groups excluding carboxylic acids is 1. The van der Waals surface area contributed by atoms with Gasteiger partial charge in [-0.3, -0.25) is 4.79 Å². The molecule has 0 N–H and O–H groups in total. The Hall–Kier alpha value is -1.89. The van der Waals surface area contributed by atoms with Crippen molar-refractivity contribution in [2.24, 2.45) is 17.3 Å². The van der Waals surface area contributed by atoms with E-state index in [1.54, 1.807) is 0 Å². The molecule has 0 heterocycles. The van der Waals surface area contributed by atoms with E-state index in [1.807, 2.05) is 30.3 Å². The SMILES string of the molecule is CC1(C)[C@@H](C(=O)c2ccccc2)CC[C@]2(C)c3ccccc3CC[C@@H]12. The van der Waals surface area contributed by atoms with E-state index in [2.05, 4.69) is 45.0 Å². The highest BCUT2D eigenvalue weighted by Crippen LogP contribution is 2.59. The van der Waals surface area contributed by atoms with Gasteiger partial charge >= 0.3 is 0 Å². The van der Waals surface area contributed by atoms with Crippen LogP contribution in [0.3, 0.4) is 0 Å². The van der Waals surface area contributed by atoms with Gasteiger partial charge in [0.15, 0.2) is 5.78 Å². The first-order valence-electron chi connectivity index (χ1n) is 9.62. The average molecular weight is 332 g/mol. The standard InChI is InChI=1S/C24H28O/c1-23(2)20(22(25)18-10-5-4-6-11-18)15-16-24(3)19-12-8-7-9-17(19)13-14-21(23)24/h4-12,20-21H,13-16H2,1-3H3/t20-,21+,24-/m1/s1. The molecule has 1 fully saturated rings. The van der Waals surface area contributed by atoms with Crippen molar-refractivity contribution in [3.05, 3.63) is 71.3 Å². The van der Waals surface area contributed by atoms with E-state index in [-0.39, 0.29) is 16.7 Å². The molecule has 2 aromatic rings. The van der Waals surface area contributed by atoms with Crippen molar-refractivity contribution in [1.29, 1.82) is 0 Å². The van der Waals surface area contributed by atoms with Crippen LogP contribution in [-0.2, 0) is 11.8 Å². The minimum absolute atomic E-state index is 0.0213. The quantitative estimate of drug-likeness (QED) is 0.633. The second kappa shape index (κ2) is 5.83. The van der Waals surface area contributed by atoms with E-state index in [1.165, 1.54) is 17.5 Å². The van der Waals surface area contributed by atoms with Crippen molar-refractivity contribution in [2.45, 2.75) is 51.9 Å². The van der Waals surface area contributed by atoms with E-state index in [0.717, 1.165) is 24.8 Å². The van der Waals surface area contributed by atoms with Gasteiger partial charge in [-0.15, -0.1) is 0 Å². The Kier molecular flexibility index (Phi) is 3.86. The molecular weight excluding hydrogens is 304 g/mol. The summed E-state index contributed by atoms with van der Waals surface area (Å²) in [5.41, 5.74) is 4.15. The number of hydrogen-bond donors (Lipinski definition) is 0. The average Bonchev–Trinajstić information content (AvgIpc) is 2.62. The third-order valence-corrected chi connectivity index (χ3v) is 7.23. The molecule has 0 spiro atoms. The maximum atomic E-state index is 13.2. The van der Waals surface area contributed by atoms with Crippen molar-refractivity contribution in [1.82, 2.24) is 0 Å². The number of aryl methyl sites for hydroxylation is 1. The predicted octanol–water partition coefficient (Wildman–Crippen LogP) is 5.83. The number of hydrogen-bond acceptors (Lipinski definition) is 1. The van der Waals surface area contributed by atoms with Crippen molar-refractivity contribution in [3.8, 4) is 0 Å². The molecule has 0 aliphatic heterocycles. The Morgan fingerprint density at radius 2 is 1.60 bits per heavy atom. The zero-order valence-corrected chi connectivity index (χ0v) is 15.6. The molecule has 1 saturated carbocycles. The van der Waals surface area contributed by atoms with Gasteiger partial charge in [0.25, 0.3) is 0 Å². The molecule has 2 aliphatic carbocycles. The molecule has 0 saturated heterocycles. The Bertz CT molecular complexity index is 789. The molecular formula is C24H28O. The molecule has 0 unspecified atom stereocenters. The van der Waals surface area contributed by atoms with E-state index >= 15 is 0 Å². The Morgan fingerprint density at radius 1 is 0.920 bits per heavy atom. The zero-order valence-electron chi connectivity index (χ0n) is 15.6. The predicted molar refractivity (Wildman–Crippen MR) is 103 cm³/mol. The number of rotatable bonds is 2. The fourth-order valence-corrected chi connectivity index (χ4v) is 5.94. The van der Waals surface area contributed by atoms with Crippen LogP contribution in [-0.4, -0.2) is 5.78 Å². The molecule has 2 aromatic carbocycles. The lowest BCUT2D eigenvalue weighted by atomic mass is 9.46. The number of Topliss-reactive ketones (excluding diaryl/α,β-unsaturated/α-hetero) is 1. The number of ketones is 1. The van der Waals surface area contributed by atoms with Crippen LogP contribution >= 0.6 is 0 Å². The largest absolute Gasteiger partial charge is 0.294 e. The fraction of sp³-hybridized carbons (Fsp3) is 0.458. The van der Waals surface area contributed by atoms with Gasteiger partial charge < -0.3 is 0 Å². The second-order valence-electron chi connectivity index (χ2n) is 8.81. The summed E-state index contributed by atoms with van der Waals surface area (Å²) in [5, 5.41) is 0. The molecule has 0 amide bonds. The highest BCUT2D eigenvalue weighted by atomic mass is 16.1. The van der Waals surface area contributed by atoms with Crippen LogP contribution in [0.5, 0.6) is 0 Å². The van der Waals surface area contributed by atoms with Gasteiger partial charge in [-0.25, -0.2) is 0 Å². The lowest BCUT2D eigenvalue weighted by molar-refractivity contribution is -0.00589. The minimum Gasteiger partial charge on any atom is -0.294 e. The van der Waals surface area contributed by atoms with Crippen LogP contribution in [0, 0.1) is 17.3 Å². The zero-order chi connectivity index (χ0) is 17.7. The molecule has 1 heteroatoms. The van der Waals surface area contributed by atoms with Gasteiger partial charge in [0.1, 0.15) is 0 Å². The van der Waals surface area contributed by atoms with Gasteiger partial charge in [-0.2, -0.15) is 0 Å². The maximum absolute atomic E-state index is 13.2. The molecule has 0 radical (unpaired) electrons. The Balaban J connectivity index is 1.71. The lowest BCUT2D eigenvalue weighted by Gasteiger charge is -2.57. The van der Waals surface area contributed by atoms with Crippen molar-refractivity contribution in [2.75, 3.05) is 0 Å². The Morgan fingerprint density at radius 3 is 2.36 bits per heavy atom. The van der Waals surface area contributed by atoms with Gasteiger partial charge in [-0.1, -0.05) is 75.4 Å². The van der Waals surface area contributed by atoms with Gasteiger partial charge in [0.2, 0.25) is 0 Å². The molecule has 1 nitrogen and oxygen atoms in total. The van der Waals surface area contributed by atoms with Crippen LogP contribution in [0.15, 0.2) is 54.6 Å². The molecule has 3 atom stereocenters. The summed E-state index contributed by atoms with van der Waals surface area (Å²) in [4.78, 5) is 13.2. The summed E-state index contributed by atoms with van der Waals surface area (Å²) >= 11 is 0. The van der Waals surface area contributed by atoms with Crippen LogP contribution in [0.25, 0.3) is 0 Å². The summed E-state index contributed by atoms with van der Waals surface area (Å²) in [7, 11) is 0.